The second-order valence-corrected chi connectivity index (χ2v) is 7.29. The topological polar surface area (TPSA) is 46.6 Å². The van der Waals surface area contributed by atoms with Crippen molar-refractivity contribution in [1.82, 2.24) is 4.90 Å². The molecule has 1 aliphatic rings. The van der Waals surface area contributed by atoms with Gasteiger partial charge in [0.1, 0.15) is 10.8 Å². The third kappa shape index (κ3) is 5.10. The maximum Gasteiger partial charge on any atom is 0.273 e. The SMILES string of the molecule is CCCCCCCCN1C(=O)C(Cl)=C(c2ccc(OC(C)C)cc2)C1=O. The average Bonchev–Trinajstić information content (AvgIpc) is 2.81. The fourth-order valence-electron chi connectivity index (χ4n) is 3.02. The lowest BCUT2D eigenvalue weighted by molar-refractivity contribution is -0.136. The molecule has 0 bridgehead atoms. The van der Waals surface area contributed by atoms with Crippen LogP contribution in [0, 0.1) is 0 Å². The summed E-state index contributed by atoms with van der Waals surface area (Å²) in [7, 11) is 0. The number of halogens is 1. The number of nitrogens with zero attached hydrogens (tertiary/aromatic N) is 1. The van der Waals surface area contributed by atoms with Crippen LogP contribution in [0.3, 0.4) is 0 Å². The van der Waals surface area contributed by atoms with Crippen LogP contribution in [-0.2, 0) is 9.59 Å². The van der Waals surface area contributed by atoms with Gasteiger partial charge in [-0.15, -0.1) is 0 Å². The van der Waals surface area contributed by atoms with Crippen molar-refractivity contribution in [1.29, 1.82) is 0 Å². The molecule has 0 radical (unpaired) electrons. The zero-order chi connectivity index (χ0) is 19.1. The Hall–Kier alpha value is -1.81. The van der Waals surface area contributed by atoms with E-state index in [0.717, 1.165) is 25.0 Å². The molecule has 5 heteroatoms. The van der Waals surface area contributed by atoms with Crippen molar-refractivity contribution in [3.8, 4) is 5.75 Å². The van der Waals surface area contributed by atoms with Crippen LogP contribution >= 0.6 is 11.6 Å². The van der Waals surface area contributed by atoms with E-state index in [2.05, 4.69) is 6.92 Å². The first-order chi connectivity index (χ1) is 12.5. The summed E-state index contributed by atoms with van der Waals surface area (Å²) < 4.78 is 5.61. The number of hydrogen-bond donors (Lipinski definition) is 0. The third-order valence-electron chi connectivity index (χ3n) is 4.36. The Morgan fingerprint density at radius 3 is 2.19 bits per heavy atom. The molecule has 0 spiro atoms. The molecule has 0 aromatic heterocycles. The number of hydrogen-bond acceptors (Lipinski definition) is 3. The summed E-state index contributed by atoms with van der Waals surface area (Å²) in [5.74, 6) is 0.0370. The molecule has 1 aromatic rings. The van der Waals surface area contributed by atoms with E-state index in [4.69, 9.17) is 16.3 Å². The summed E-state index contributed by atoms with van der Waals surface area (Å²) in [6.07, 6.45) is 6.68. The number of imide groups is 1. The maximum absolute atomic E-state index is 12.7. The maximum atomic E-state index is 12.7. The standard InChI is InChI=1S/C21H28ClNO3/c1-4-5-6-7-8-9-14-23-20(24)18(19(22)21(23)25)16-10-12-17(13-11-16)26-15(2)3/h10-13,15H,4-9,14H2,1-3H3. The second-order valence-electron chi connectivity index (χ2n) is 6.91. The number of rotatable bonds is 10. The first kappa shape index (κ1) is 20.5. The van der Waals surface area contributed by atoms with Crippen molar-refractivity contribution in [3.05, 3.63) is 34.9 Å². The molecule has 142 valence electrons. The summed E-state index contributed by atoms with van der Waals surface area (Å²) in [5, 5.41) is 0.0125. The van der Waals surface area contributed by atoms with Gasteiger partial charge in [0, 0.05) is 6.54 Å². The molecule has 0 fully saturated rings. The number of ether oxygens (including phenoxy) is 1. The summed E-state index contributed by atoms with van der Waals surface area (Å²) in [5.41, 5.74) is 0.939. The van der Waals surface area contributed by atoms with Crippen molar-refractivity contribution in [2.45, 2.75) is 65.4 Å². The fraction of sp³-hybridized carbons (Fsp3) is 0.524. The first-order valence-electron chi connectivity index (χ1n) is 9.48. The molecule has 0 N–H and O–H groups in total. The van der Waals surface area contributed by atoms with Crippen molar-refractivity contribution >= 4 is 29.0 Å². The summed E-state index contributed by atoms with van der Waals surface area (Å²) in [4.78, 5) is 26.3. The Bertz CT molecular complexity index is 664. The van der Waals surface area contributed by atoms with Gasteiger partial charge in [-0.05, 0) is 38.0 Å². The minimum Gasteiger partial charge on any atom is -0.491 e. The van der Waals surface area contributed by atoms with Gasteiger partial charge in [-0.1, -0.05) is 62.8 Å². The lowest BCUT2D eigenvalue weighted by atomic mass is 10.1. The van der Waals surface area contributed by atoms with Crippen LogP contribution in [0.5, 0.6) is 5.75 Å². The van der Waals surface area contributed by atoms with Gasteiger partial charge in [0.2, 0.25) is 0 Å². The average molecular weight is 378 g/mol. The predicted octanol–water partition coefficient (Wildman–Crippen LogP) is 5.15. The van der Waals surface area contributed by atoms with Crippen molar-refractivity contribution in [2.75, 3.05) is 6.54 Å². The smallest absolute Gasteiger partial charge is 0.273 e. The monoisotopic (exact) mass is 377 g/mol. The van der Waals surface area contributed by atoms with Gasteiger partial charge in [-0.2, -0.15) is 0 Å². The molecule has 0 saturated heterocycles. The Balaban J connectivity index is 1.99. The Morgan fingerprint density at radius 2 is 1.58 bits per heavy atom. The third-order valence-corrected chi connectivity index (χ3v) is 4.71. The molecule has 1 aliphatic heterocycles. The molecule has 2 rings (SSSR count). The molecular weight excluding hydrogens is 350 g/mol. The van der Waals surface area contributed by atoms with Crippen molar-refractivity contribution < 1.29 is 14.3 Å². The van der Waals surface area contributed by atoms with Crippen LogP contribution in [0.25, 0.3) is 5.57 Å². The quantitative estimate of drug-likeness (QED) is 0.418. The van der Waals surface area contributed by atoms with E-state index in [-0.39, 0.29) is 23.0 Å². The highest BCUT2D eigenvalue weighted by Gasteiger charge is 2.37. The fourth-order valence-corrected chi connectivity index (χ4v) is 3.31. The first-order valence-corrected chi connectivity index (χ1v) is 9.86. The van der Waals surface area contributed by atoms with E-state index in [9.17, 15) is 9.59 Å². The zero-order valence-electron chi connectivity index (χ0n) is 15.9. The highest BCUT2D eigenvalue weighted by molar-refractivity contribution is 6.55. The molecule has 4 nitrogen and oxygen atoms in total. The highest BCUT2D eigenvalue weighted by atomic mass is 35.5. The molecule has 1 aromatic carbocycles. The Morgan fingerprint density at radius 1 is 0.962 bits per heavy atom. The molecule has 0 saturated carbocycles. The largest absolute Gasteiger partial charge is 0.491 e. The van der Waals surface area contributed by atoms with Gasteiger partial charge in [-0.3, -0.25) is 14.5 Å². The Labute approximate surface area is 161 Å². The predicted molar refractivity (Wildman–Crippen MR) is 105 cm³/mol. The van der Waals surface area contributed by atoms with Gasteiger partial charge in [0.05, 0.1) is 11.7 Å². The minimum absolute atomic E-state index is 0.0125. The van der Waals surface area contributed by atoms with E-state index < -0.39 is 0 Å². The second kappa shape index (κ2) is 9.77. The molecule has 1 heterocycles. The summed E-state index contributed by atoms with van der Waals surface area (Å²) >= 11 is 6.19. The van der Waals surface area contributed by atoms with Crippen molar-refractivity contribution in [3.63, 3.8) is 0 Å². The van der Waals surface area contributed by atoms with Crippen LogP contribution in [0.2, 0.25) is 0 Å². The van der Waals surface area contributed by atoms with E-state index in [1.807, 2.05) is 13.8 Å². The number of carbonyl (C=O) groups is 2. The van der Waals surface area contributed by atoms with Gasteiger partial charge in [0.15, 0.2) is 0 Å². The lowest BCUT2D eigenvalue weighted by Gasteiger charge is -2.15. The summed E-state index contributed by atoms with van der Waals surface area (Å²) in [6, 6.07) is 7.13. The minimum atomic E-state index is -0.386. The van der Waals surface area contributed by atoms with E-state index >= 15 is 0 Å². The lowest BCUT2D eigenvalue weighted by Crippen LogP contribution is -2.32. The van der Waals surface area contributed by atoms with E-state index in [1.165, 1.54) is 24.2 Å². The zero-order valence-corrected chi connectivity index (χ0v) is 16.6. The van der Waals surface area contributed by atoms with Crippen molar-refractivity contribution in [2.24, 2.45) is 0 Å². The Kier molecular flexibility index (Phi) is 7.70. The van der Waals surface area contributed by atoms with E-state index in [0.29, 0.717) is 17.7 Å². The van der Waals surface area contributed by atoms with Crippen LogP contribution in [-0.4, -0.2) is 29.4 Å². The van der Waals surface area contributed by atoms with Gasteiger partial charge >= 0.3 is 0 Å². The van der Waals surface area contributed by atoms with Crippen LogP contribution in [0.1, 0.15) is 64.9 Å². The molecule has 0 unspecified atom stereocenters. The highest BCUT2D eigenvalue weighted by Crippen LogP contribution is 2.32. The molecule has 2 amide bonds. The number of benzene rings is 1. The van der Waals surface area contributed by atoms with Gasteiger partial charge in [0.25, 0.3) is 11.8 Å². The number of amides is 2. The van der Waals surface area contributed by atoms with Crippen LogP contribution < -0.4 is 4.74 Å². The van der Waals surface area contributed by atoms with E-state index in [1.54, 1.807) is 24.3 Å². The van der Waals surface area contributed by atoms with Crippen LogP contribution in [0.4, 0.5) is 0 Å². The number of carbonyl (C=O) groups excluding carboxylic acids is 2. The van der Waals surface area contributed by atoms with Gasteiger partial charge < -0.3 is 4.74 Å². The number of unbranched alkanes of at least 4 members (excludes halogenated alkanes) is 5. The molecule has 26 heavy (non-hydrogen) atoms. The normalized spacial score (nSPS) is 14.7. The molecular formula is C21H28ClNO3. The van der Waals surface area contributed by atoms with Crippen LogP contribution in [0.15, 0.2) is 29.3 Å². The molecule has 0 aliphatic carbocycles. The van der Waals surface area contributed by atoms with Gasteiger partial charge in [-0.25, -0.2) is 0 Å². The summed E-state index contributed by atoms with van der Waals surface area (Å²) in [6.45, 7) is 6.51. The molecule has 0 atom stereocenters.